The summed E-state index contributed by atoms with van der Waals surface area (Å²) >= 11 is 3.32. The maximum Gasteiger partial charge on any atom is 0.305 e. The van der Waals surface area contributed by atoms with Crippen LogP contribution >= 0.6 is 15.9 Å². The number of aryl methyl sites for hydroxylation is 1. The van der Waals surface area contributed by atoms with E-state index in [4.69, 9.17) is 0 Å². The van der Waals surface area contributed by atoms with E-state index < -0.39 is 15.9 Å². The fourth-order valence-corrected chi connectivity index (χ4v) is 3.96. The lowest BCUT2D eigenvalue weighted by Crippen LogP contribution is -2.25. The molecule has 0 unspecified atom stereocenters. The highest BCUT2D eigenvalue weighted by Gasteiger charge is 2.18. The molecule has 9 heteroatoms. The quantitative estimate of drug-likeness (QED) is 0.457. The van der Waals surface area contributed by atoms with E-state index in [-0.39, 0.29) is 29.4 Å². The Morgan fingerprint density at radius 1 is 1.14 bits per heavy atom. The summed E-state index contributed by atoms with van der Waals surface area (Å²) < 4.78 is 33.1. The standard InChI is InChI=1S/C19H21BrN2O5S/c1-13-8-9-16(20)17(11-13)22-28(25,26)15-6-3-5-14(12-15)19(24)21-10-4-7-18(23)27-2/h3,5-6,8-9,11-12,22H,4,7,10H2,1-2H3,(H,21,24). The highest BCUT2D eigenvalue weighted by atomic mass is 79.9. The van der Waals surface area contributed by atoms with Crippen LogP contribution in [-0.2, 0) is 19.6 Å². The van der Waals surface area contributed by atoms with Crippen LogP contribution in [0.3, 0.4) is 0 Å². The molecule has 0 saturated carbocycles. The first-order valence-corrected chi connectivity index (χ1v) is 10.7. The van der Waals surface area contributed by atoms with Gasteiger partial charge in [0.25, 0.3) is 15.9 Å². The third-order valence-corrected chi connectivity index (χ3v) is 5.90. The number of sulfonamides is 1. The van der Waals surface area contributed by atoms with Gasteiger partial charge in [0.1, 0.15) is 0 Å². The normalized spacial score (nSPS) is 11.0. The van der Waals surface area contributed by atoms with Crippen molar-refractivity contribution in [1.82, 2.24) is 5.32 Å². The average molecular weight is 469 g/mol. The number of hydrogen-bond donors (Lipinski definition) is 2. The lowest BCUT2D eigenvalue weighted by atomic mass is 10.2. The molecular formula is C19H21BrN2O5S. The minimum Gasteiger partial charge on any atom is -0.469 e. The molecule has 2 aromatic rings. The molecule has 7 nitrogen and oxygen atoms in total. The average Bonchev–Trinajstić information content (AvgIpc) is 2.67. The minimum atomic E-state index is -3.87. The first-order chi connectivity index (χ1) is 13.2. The van der Waals surface area contributed by atoms with Gasteiger partial charge in [-0.3, -0.25) is 14.3 Å². The van der Waals surface area contributed by atoms with Gasteiger partial charge in [-0.1, -0.05) is 12.1 Å². The van der Waals surface area contributed by atoms with Crippen molar-refractivity contribution in [1.29, 1.82) is 0 Å². The predicted molar refractivity (Wildman–Crippen MR) is 110 cm³/mol. The van der Waals surface area contributed by atoms with Crippen molar-refractivity contribution >= 4 is 43.5 Å². The molecule has 0 fully saturated rings. The number of rotatable bonds is 8. The molecule has 0 atom stereocenters. The fourth-order valence-electron chi connectivity index (χ4n) is 2.36. The second-order valence-corrected chi connectivity index (χ2v) is 8.59. The van der Waals surface area contributed by atoms with Crippen molar-refractivity contribution in [2.45, 2.75) is 24.7 Å². The van der Waals surface area contributed by atoms with Crippen molar-refractivity contribution in [3.05, 3.63) is 58.1 Å². The van der Waals surface area contributed by atoms with Crippen LogP contribution in [0.5, 0.6) is 0 Å². The van der Waals surface area contributed by atoms with Gasteiger partial charge < -0.3 is 10.1 Å². The van der Waals surface area contributed by atoms with E-state index in [0.717, 1.165) is 5.56 Å². The van der Waals surface area contributed by atoms with Gasteiger partial charge in [-0.2, -0.15) is 0 Å². The van der Waals surface area contributed by atoms with Crippen LogP contribution in [0.15, 0.2) is 51.8 Å². The van der Waals surface area contributed by atoms with Crippen molar-refractivity contribution < 1.29 is 22.7 Å². The van der Waals surface area contributed by atoms with E-state index >= 15 is 0 Å². The summed E-state index contributed by atoms with van der Waals surface area (Å²) in [5, 5.41) is 2.65. The zero-order valence-electron chi connectivity index (χ0n) is 15.5. The molecule has 28 heavy (non-hydrogen) atoms. The number of anilines is 1. The van der Waals surface area contributed by atoms with Gasteiger partial charge in [-0.25, -0.2) is 8.42 Å². The summed E-state index contributed by atoms with van der Waals surface area (Å²) in [6.45, 7) is 2.13. The molecule has 0 aliphatic heterocycles. The Labute approximate surface area is 172 Å². The van der Waals surface area contributed by atoms with Crippen LogP contribution in [0, 0.1) is 6.92 Å². The van der Waals surface area contributed by atoms with E-state index in [1.54, 1.807) is 12.1 Å². The van der Waals surface area contributed by atoms with Crippen LogP contribution in [0.25, 0.3) is 0 Å². The largest absolute Gasteiger partial charge is 0.469 e. The van der Waals surface area contributed by atoms with Gasteiger partial charge in [-0.15, -0.1) is 0 Å². The van der Waals surface area contributed by atoms with Gasteiger partial charge in [0.15, 0.2) is 0 Å². The number of methoxy groups -OCH3 is 1. The number of carbonyl (C=O) groups is 2. The number of nitrogens with one attached hydrogen (secondary N) is 2. The van der Waals surface area contributed by atoms with Crippen molar-refractivity contribution in [3.8, 4) is 0 Å². The van der Waals surface area contributed by atoms with Gasteiger partial charge in [0, 0.05) is 23.0 Å². The smallest absolute Gasteiger partial charge is 0.305 e. The van der Waals surface area contributed by atoms with Gasteiger partial charge >= 0.3 is 5.97 Å². The topological polar surface area (TPSA) is 102 Å². The number of carbonyl (C=O) groups excluding carboxylic acids is 2. The summed E-state index contributed by atoms with van der Waals surface area (Å²) in [6.07, 6.45) is 0.625. The first kappa shape index (κ1) is 21.9. The molecule has 1 amide bonds. The molecule has 2 N–H and O–H groups in total. The number of halogens is 1. The molecule has 0 aromatic heterocycles. The predicted octanol–water partition coefficient (Wildman–Crippen LogP) is 3.24. The molecule has 0 heterocycles. The second-order valence-electron chi connectivity index (χ2n) is 6.05. The van der Waals surface area contributed by atoms with Crippen LogP contribution in [-0.4, -0.2) is 33.9 Å². The van der Waals surface area contributed by atoms with E-state index in [9.17, 15) is 18.0 Å². The Morgan fingerprint density at radius 2 is 1.89 bits per heavy atom. The van der Waals surface area contributed by atoms with Crippen LogP contribution < -0.4 is 10.0 Å². The fraction of sp³-hybridized carbons (Fsp3) is 0.263. The zero-order chi connectivity index (χ0) is 20.7. The number of esters is 1. The Bertz CT molecular complexity index is 976. The van der Waals surface area contributed by atoms with Crippen molar-refractivity contribution in [2.24, 2.45) is 0 Å². The zero-order valence-corrected chi connectivity index (χ0v) is 17.9. The Hall–Kier alpha value is -2.39. The molecular weight excluding hydrogens is 448 g/mol. The molecule has 0 aliphatic carbocycles. The molecule has 0 radical (unpaired) electrons. The third-order valence-electron chi connectivity index (χ3n) is 3.84. The second kappa shape index (κ2) is 9.70. The lowest BCUT2D eigenvalue weighted by molar-refractivity contribution is -0.140. The Balaban J connectivity index is 2.09. The maximum atomic E-state index is 12.7. The summed E-state index contributed by atoms with van der Waals surface area (Å²) in [5.74, 6) is -0.769. The summed E-state index contributed by atoms with van der Waals surface area (Å²) in [5.41, 5.74) is 1.53. The van der Waals surface area contributed by atoms with Crippen LogP contribution in [0.4, 0.5) is 5.69 Å². The first-order valence-electron chi connectivity index (χ1n) is 8.47. The monoisotopic (exact) mass is 468 g/mol. The molecule has 0 saturated heterocycles. The third kappa shape index (κ3) is 6.07. The van der Waals surface area contributed by atoms with Gasteiger partial charge in [-0.05, 0) is 65.2 Å². The lowest BCUT2D eigenvalue weighted by Gasteiger charge is -2.12. The molecule has 2 rings (SSSR count). The summed E-state index contributed by atoms with van der Waals surface area (Å²) in [4.78, 5) is 23.3. The summed E-state index contributed by atoms with van der Waals surface area (Å²) in [6, 6.07) is 11.1. The van der Waals surface area contributed by atoms with Crippen LogP contribution in [0.2, 0.25) is 0 Å². The van der Waals surface area contributed by atoms with Crippen molar-refractivity contribution in [2.75, 3.05) is 18.4 Å². The van der Waals surface area contributed by atoms with E-state index in [1.165, 1.54) is 31.4 Å². The molecule has 2 aromatic carbocycles. The molecule has 0 bridgehead atoms. The Kier molecular flexibility index (Phi) is 7.59. The number of ether oxygens (including phenoxy) is 1. The highest BCUT2D eigenvalue weighted by molar-refractivity contribution is 9.10. The van der Waals surface area contributed by atoms with E-state index in [0.29, 0.717) is 16.6 Å². The number of amides is 1. The molecule has 0 aliphatic rings. The molecule has 0 spiro atoms. The van der Waals surface area contributed by atoms with E-state index in [1.807, 2.05) is 13.0 Å². The van der Waals surface area contributed by atoms with Crippen LogP contribution in [0.1, 0.15) is 28.8 Å². The van der Waals surface area contributed by atoms with Gasteiger partial charge in [0.05, 0.1) is 17.7 Å². The number of hydrogen-bond acceptors (Lipinski definition) is 5. The minimum absolute atomic E-state index is 0.0249. The van der Waals surface area contributed by atoms with Gasteiger partial charge in [0.2, 0.25) is 0 Å². The highest BCUT2D eigenvalue weighted by Crippen LogP contribution is 2.26. The maximum absolute atomic E-state index is 12.7. The van der Waals surface area contributed by atoms with Crippen molar-refractivity contribution in [3.63, 3.8) is 0 Å². The SMILES string of the molecule is COC(=O)CCCNC(=O)c1cccc(S(=O)(=O)Nc2cc(C)ccc2Br)c1. The number of benzene rings is 2. The Morgan fingerprint density at radius 3 is 2.61 bits per heavy atom. The van der Waals surface area contributed by atoms with E-state index in [2.05, 4.69) is 30.7 Å². The molecule has 150 valence electrons. The summed E-state index contributed by atoms with van der Waals surface area (Å²) in [7, 11) is -2.57.